The van der Waals surface area contributed by atoms with Gasteiger partial charge in [0.1, 0.15) is 0 Å². The van der Waals surface area contributed by atoms with Crippen LogP contribution in [0.25, 0.3) is 0 Å². The number of piperazine rings is 1. The van der Waals surface area contributed by atoms with E-state index in [0.717, 1.165) is 50.9 Å². The first-order chi connectivity index (χ1) is 11.4. The number of nitrogens with zero attached hydrogens (tertiary/aromatic N) is 3. The fraction of sp³-hybridized carbons (Fsp3) is 0.778. The molecule has 1 amide bonds. The van der Waals surface area contributed by atoms with Crippen LogP contribution in [0.1, 0.15) is 44.3 Å². The maximum atomic E-state index is 12.2. The molecule has 2 heterocycles. The zero-order valence-electron chi connectivity index (χ0n) is 16.0. The van der Waals surface area contributed by atoms with Gasteiger partial charge in [0, 0.05) is 43.5 Å². The van der Waals surface area contributed by atoms with Crippen LogP contribution in [0.2, 0.25) is 0 Å². The second-order valence-electron chi connectivity index (χ2n) is 8.13. The molecule has 8 heteroatoms. The summed E-state index contributed by atoms with van der Waals surface area (Å²) in [4.78, 5) is 21.4. The Kier molecular flexibility index (Phi) is 9.30. The summed E-state index contributed by atoms with van der Waals surface area (Å²) >= 11 is 1.76. The summed E-state index contributed by atoms with van der Waals surface area (Å²) in [7, 11) is 0. The lowest BCUT2D eigenvalue weighted by atomic mass is 9.98. The summed E-state index contributed by atoms with van der Waals surface area (Å²) in [6.07, 6.45) is 2.65. The summed E-state index contributed by atoms with van der Waals surface area (Å²) < 4.78 is 0. The Bertz CT molecular complexity index is 564. The minimum absolute atomic E-state index is 0. The minimum atomic E-state index is 0. The van der Waals surface area contributed by atoms with Crippen molar-refractivity contribution in [3.05, 3.63) is 16.1 Å². The molecule has 0 spiro atoms. The van der Waals surface area contributed by atoms with Gasteiger partial charge in [0.25, 0.3) is 0 Å². The van der Waals surface area contributed by atoms with E-state index in [1.54, 1.807) is 11.3 Å². The normalized spacial score (nSPS) is 18.2. The highest BCUT2D eigenvalue weighted by atomic mass is 35.5. The van der Waals surface area contributed by atoms with E-state index in [1.807, 2.05) is 4.90 Å². The second kappa shape index (κ2) is 10.2. The van der Waals surface area contributed by atoms with Crippen molar-refractivity contribution in [1.29, 1.82) is 0 Å². The van der Waals surface area contributed by atoms with E-state index in [-0.39, 0.29) is 36.1 Å². The molecule has 1 saturated carbocycles. The van der Waals surface area contributed by atoms with Gasteiger partial charge in [-0.15, -0.1) is 36.2 Å². The number of halogens is 2. The Morgan fingerprint density at radius 3 is 2.42 bits per heavy atom. The molecule has 1 aromatic rings. The lowest BCUT2D eigenvalue weighted by Gasteiger charge is -2.34. The SMILES string of the molecule is CC(C)(C)c1nc(CN2CCN(C(=O)CNCC3CC3)CC2)cs1.Cl.Cl. The topological polar surface area (TPSA) is 48.5 Å². The summed E-state index contributed by atoms with van der Waals surface area (Å²) in [6.45, 7) is 12.6. The van der Waals surface area contributed by atoms with Crippen LogP contribution in [-0.2, 0) is 16.8 Å². The van der Waals surface area contributed by atoms with Gasteiger partial charge in [0.2, 0.25) is 5.91 Å². The molecule has 0 aromatic carbocycles. The maximum Gasteiger partial charge on any atom is 0.236 e. The van der Waals surface area contributed by atoms with Gasteiger partial charge in [-0.1, -0.05) is 20.8 Å². The number of aromatic nitrogens is 1. The van der Waals surface area contributed by atoms with Gasteiger partial charge in [-0.3, -0.25) is 9.69 Å². The lowest BCUT2D eigenvalue weighted by Crippen LogP contribution is -2.50. The predicted molar refractivity (Wildman–Crippen MR) is 113 cm³/mol. The molecule has 150 valence electrons. The fourth-order valence-electron chi connectivity index (χ4n) is 2.93. The van der Waals surface area contributed by atoms with E-state index in [1.165, 1.54) is 17.8 Å². The quantitative estimate of drug-likeness (QED) is 0.765. The number of thiazole rings is 1. The van der Waals surface area contributed by atoms with Crippen molar-refractivity contribution in [3.63, 3.8) is 0 Å². The summed E-state index contributed by atoms with van der Waals surface area (Å²) in [5.41, 5.74) is 1.29. The van der Waals surface area contributed by atoms with Crippen LogP contribution in [-0.4, -0.2) is 60.0 Å². The van der Waals surface area contributed by atoms with Gasteiger partial charge in [0.05, 0.1) is 17.2 Å². The first-order valence-electron chi connectivity index (χ1n) is 9.07. The molecule has 1 aliphatic carbocycles. The Balaban J connectivity index is 0.00000169. The molecule has 1 aromatic heterocycles. The number of hydrogen-bond acceptors (Lipinski definition) is 5. The van der Waals surface area contributed by atoms with Gasteiger partial charge in [0.15, 0.2) is 0 Å². The first-order valence-corrected chi connectivity index (χ1v) is 9.95. The summed E-state index contributed by atoms with van der Waals surface area (Å²) in [5, 5.41) is 6.68. The highest BCUT2D eigenvalue weighted by Crippen LogP contribution is 2.27. The number of rotatable bonds is 6. The number of carbonyl (C=O) groups excluding carboxylic acids is 1. The van der Waals surface area contributed by atoms with E-state index < -0.39 is 0 Å². The molecule has 0 bridgehead atoms. The van der Waals surface area contributed by atoms with E-state index >= 15 is 0 Å². The third kappa shape index (κ3) is 6.97. The van der Waals surface area contributed by atoms with Crippen LogP contribution in [0.15, 0.2) is 5.38 Å². The molecule has 2 fully saturated rings. The largest absolute Gasteiger partial charge is 0.339 e. The molecular formula is C18H32Cl2N4OS. The van der Waals surface area contributed by atoms with E-state index in [4.69, 9.17) is 4.98 Å². The van der Waals surface area contributed by atoms with E-state index in [2.05, 4.69) is 36.4 Å². The molecule has 5 nitrogen and oxygen atoms in total. The van der Waals surface area contributed by atoms with Gasteiger partial charge in [-0.05, 0) is 25.3 Å². The monoisotopic (exact) mass is 422 g/mol. The number of hydrogen-bond donors (Lipinski definition) is 1. The van der Waals surface area contributed by atoms with Crippen LogP contribution >= 0.6 is 36.2 Å². The molecule has 1 aliphatic heterocycles. The van der Waals surface area contributed by atoms with Gasteiger partial charge in [-0.25, -0.2) is 4.98 Å². The minimum Gasteiger partial charge on any atom is -0.339 e. The van der Waals surface area contributed by atoms with Crippen LogP contribution in [0.5, 0.6) is 0 Å². The number of nitrogens with one attached hydrogen (secondary N) is 1. The van der Waals surface area contributed by atoms with Gasteiger partial charge in [-0.2, -0.15) is 0 Å². The maximum absolute atomic E-state index is 12.2. The first kappa shape index (κ1) is 23.6. The van der Waals surface area contributed by atoms with Crippen molar-refractivity contribution < 1.29 is 4.79 Å². The van der Waals surface area contributed by atoms with Crippen molar-refractivity contribution in [2.75, 3.05) is 39.3 Å². The lowest BCUT2D eigenvalue weighted by molar-refractivity contribution is -0.132. The molecule has 1 N–H and O–H groups in total. The molecule has 3 rings (SSSR count). The standard InChI is InChI=1S/C18H30N4OS.2ClH/c1-18(2,3)17-20-15(13-24-17)12-21-6-8-22(9-7-21)16(23)11-19-10-14-4-5-14;;/h13-14,19H,4-12H2,1-3H3;2*1H. The van der Waals surface area contributed by atoms with Crippen molar-refractivity contribution in [1.82, 2.24) is 20.1 Å². The molecular weight excluding hydrogens is 391 g/mol. The fourth-order valence-corrected chi connectivity index (χ4v) is 3.82. The highest BCUT2D eigenvalue weighted by Gasteiger charge is 2.24. The van der Waals surface area contributed by atoms with Crippen molar-refractivity contribution in [2.45, 2.75) is 45.6 Å². The zero-order valence-corrected chi connectivity index (χ0v) is 18.4. The van der Waals surface area contributed by atoms with Crippen molar-refractivity contribution in [3.8, 4) is 0 Å². The molecule has 0 atom stereocenters. The number of carbonyl (C=O) groups is 1. The average Bonchev–Trinajstić information content (AvgIpc) is 3.23. The van der Waals surface area contributed by atoms with Gasteiger partial charge < -0.3 is 10.2 Å². The third-order valence-electron chi connectivity index (χ3n) is 4.71. The van der Waals surface area contributed by atoms with Crippen molar-refractivity contribution in [2.24, 2.45) is 5.92 Å². The predicted octanol–water partition coefficient (Wildman–Crippen LogP) is 2.93. The third-order valence-corrected chi connectivity index (χ3v) is 6.03. The molecule has 26 heavy (non-hydrogen) atoms. The number of amides is 1. The summed E-state index contributed by atoms with van der Waals surface area (Å²) in [5.74, 6) is 1.07. The smallest absolute Gasteiger partial charge is 0.236 e. The Morgan fingerprint density at radius 1 is 1.23 bits per heavy atom. The molecule has 0 unspecified atom stereocenters. The van der Waals surface area contributed by atoms with Crippen molar-refractivity contribution >= 4 is 42.1 Å². The van der Waals surface area contributed by atoms with E-state index in [0.29, 0.717) is 6.54 Å². The second-order valence-corrected chi connectivity index (χ2v) is 8.98. The summed E-state index contributed by atoms with van der Waals surface area (Å²) in [6, 6.07) is 0. The molecule has 2 aliphatic rings. The Morgan fingerprint density at radius 2 is 1.88 bits per heavy atom. The Hall–Kier alpha value is -0.400. The van der Waals surface area contributed by atoms with Gasteiger partial charge >= 0.3 is 0 Å². The molecule has 1 saturated heterocycles. The average molecular weight is 423 g/mol. The van der Waals surface area contributed by atoms with Crippen LogP contribution < -0.4 is 5.32 Å². The van der Waals surface area contributed by atoms with Crippen LogP contribution in [0, 0.1) is 5.92 Å². The highest BCUT2D eigenvalue weighted by molar-refractivity contribution is 7.09. The Labute approximate surface area is 173 Å². The van der Waals surface area contributed by atoms with Crippen LogP contribution in [0.3, 0.4) is 0 Å². The van der Waals surface area contributed by atoms with Crippen LogP contribution in [0.4, 0.5) is 0 Å². The van der Waals surface area contributed by atoms with E-state index in [9.17, 15) is 4.79 Å². The zero-order chi connectivity index (χ0) is 17.2. The molecule has 0 radical (unpaired) electrons.